The van der Waals surface area contributed by atoms with E-state index in [1.807, 2.05) is 35.2 Å². The highest BCUT2D eigenvalue weighted by molar-refractivity contribution is 6.35. The fourth-order valence-electron chi connectivity index (χ4n) is 3.99. The van der Waals surface area contributed by atoms with E-state index in [0.717, 1.165) is 0 Å². The number of nitrogens with two attached hydrogens (primary N) is 2. The zero-order valence-electron chi connectivity index (χ0n) is 17.3. The van der Waals surface area contributed by atoms with Gasteiger partial charge in [-0.3, -0.25) is 9.36 Å². The summed E-state index contributed by atoms with van der Waals surface area (Å²) in [6, 6.07) is 13.9. The summed E-state index contributed by atoms with van der Waals surface area (Å²) in [5.41, 5.74) is 12.6. The second-order valence-corrected chi connectivity index (χ2v) is 8.25. The minimum absolute atomic E-state index is 0.00385. The Morgan fingerprint density at radius 3 is 2.58 bits per heavy atom. The van der Waals surface area contributed by atoms with Gasteiger partial charge in [-0.2, -0.15) is 9.97 Å². The van der Waals surface area contributed by atoms with Gasteiger partial charge in [-0.25, -0.2) is 4.98 Å². The lowest BCUT2D eigenvalue weighted by atomic mass is 10.1. The Balaban J connectivity index is 1.79. The van der Waals surface area contributed by atoms with Crippen LogP contribution in [0.15, 0.2) is 53.3 Å². The summed E-state index contributed by atoms with van der Waals surface area (Å²) in [5, 5.41) is 0.842. The molecule has 4 aromatic rings. The third kappa shape index (κ3) is 3.74. The van der Waals surface area contributed by atoms with Crippen LogP contribution in [0.4, 0.5) is 17.6 Å². The predicted octanol–water partition coefficient (Wildman–Crippen LogP) is 3.22. The highest BCUT2D eigenvalue weighted by Gasteiger charge is 2.33. The summed E-state index contributed by atoms with van der Waals surface area (Å²) in [4.78, 5) is 28.7. The summed E-state index contributed by atoms with van der Waals surface area (Å²) < 4.78 is 7.33. The number of nitrogen functional groups attached to an aromatic ring is 2. The van der Waals surface area contributed by atoms with Crippen LogP contribution in [0.3, 0.4) is 0 Å². The molecule has 0 amide bonds. The molecular weight excluding hydrogens is 465 g/mol. The average molecular weight is 484 g/mol. The first kappa shape index (κ1) is 21.4. The number of benzene rings is 2. The molecule has 1 aliphatic rings. The van der Waals surface area contributed by atoms with Gasteiger partial charge < -0.3 is 21.1 Å². The number of ether oxygens (including phenoxy) is 1. The maximum atomic E-state index is 13.7. The van der Waals surface area contributed by atoms with Crippen LogP contribution in [0.5, 0.6) is 0 Å². The molecule has 3 heterocycles. The van der Waals surface area contributed by atoms with Gasteiger partial charge in [0, 0.05) is 6.54 Å². The summed E-state index contributed by atoms with van der Waals surface area (Å²) >= 11 is 12.9. The SMILES string of the molecule is Nc1nc(N)c(Cl)c(N2CCOC[C@H]2c2nc3cccc(Cl)c3c(=O)n2-c2ccccc2)n1. The van der Waals surface area contributed by atoms with Gasteiger partial charge in [0.05, 0.1) is 34.8 Å². The van der Waals surface area contributed by atoms with Crippen molar-refractivity contribution in [2.45, 2.75) is 6.04 Å². The topological polar surface area (TPSA) is 125 Å². The highest BCUT2D eigenvalue weighted by Crippen LogP contribution is 2.36. The van der Waals surface area contributed by atoms with Crippen LogP contribution < -0.4 is 21.9 Å². The van der Waals surface area contributed by atoms with Crippen molar-refractivity contribution < 1.29 is 4.74 Å². The van der Waals surface area contributed by atoms with Crippen molar-refractivity contribution in [3.05, 3.63) is 74.8 Å². The van der Waals surface area contributed by atoms with E-state index >= 15 is 0 Å². The normalized spacial score (nSPS) is 16.3. The molecule has 33 heavy (non-hydrogen) atoms. The Morgan fingerprint density at radius 2 is 1.79 bits per heavy atom. The van der Waals surface area contributed by atoms with Crippen LogP contribution in [-0.2, 0) is 4.74 Å². The summed E-state index contributed by atoms with van der Waals surface area (Å²) in [7, 11) is 0. The summed E-state index contributed by atoms with van der Waals surface area (Å²) in [6.07, 6.45) is 0. The van der Waals surface area contributed by atoms with Crippen LogP contribution in [0, 0.1) is 0 Å². The Labute approximate surface area is 198 Å². The lowest BCUT2D eigenvalue weighted by molar-refractivity contribution is 0.0906. The standard InChI is InChI=1S/C22H19Cl2N7O2/c23-13-7-4-8-14-16(13)21(32)31(12-5-2-1-3-6-12)19(27-14)15-11-33-10-9-30(15)20-17(24)18(25)28-22(26)29-20/h1-8,15H,9-11H2,(H4,25,26,28,29)/t15-/m0/s1. The Kier molecular flexibility index (Phi) is 5.53. The number of fused-ring (bicyclic) bond motifs is 1. The van der Waals surface area contributed by atoms with Gasteiger partial charge in [-0.05, 0) is 24.3 Å². The van der Waals surface area contributed by atoms with E-state index in [0.29, 0.717) is 46.4 Å². The number of anilines is 3. The third-order valence-electron chi connectivity index (χ3n) is 5.46. The molecule has 1 atom stereocenters. The van der Waals surface area contributed by atoms with Crippen molar-refractivity contribution in [1.82, 2.24) is 19.5 Å². The smallest absolute Gasteiger partial charge is 0.267 e. The fourth-order valence-corrected chi connectivity index (χ4v) is 4.43. The molecule has 9 nitrogen and oxygen atoms in total. The van der Waals surface area contributed by atoms with Crippen molar-refractivity contribution >= 4 is 51.7 Å². The number of nitrogens with zero attached hydrogens (tertiary/aromatic N) is 5. The third-order valence-corrected chi connectivity index (χ3v) is 6.14. The maximum absolute atomic E-state index is 13.7. The molecule has 2 aromatic carbocycles. The molecular formula is C22H19Cl2N7O2. The van der Waals surface area contributed by atoms with Crippen LogP contribution >= 0.6 is 23.2 Å². The number of hydrogen-bond acceptors (Lipinski definition) is 8. The van der Waals surface area contributed by atoms with Gasteiger partial charge in [-0.15, -0.1) is 0 Å². The molecule has 0 aliphatic carbocycles. The molecule has 0 radical (unpaired) electrons. The molecule has 4 N–H and O–H groups in total. The monoisotopic (exact) mass is 483 g/mol. The number of rotatable bonds is 3. The molecule has 1 saturated heterocycles. The van der Waals surface area contributed by atoms with E-state index in [2.05, 4.69) is 9.97 Å². The molecule has 0 unspecified atom stereocenters. The first-order chi connectivity index (χ1) is 16.0. The largest absolute Gasteiger partial charge is 0.382 e. The van der Waals surface area contributed by atoms with Gasteiger partial charge in [0.2, 0.25) is 5.95 Å². The van der Waals surface area contributed by atoms with Gasteiger partial charge in [0.15, 0.2) is 5.82 Å². The molecule has 0 bridgehead atoms. The average Bonchev–Trinajstić information content (AvgIpc) is 2.82. The van der Waals surface area contributed by atoms with E-state index in [1.165, 1.54) is 0 Å². The van der Waals surface area contributed by atoms with Crippen LogP contribution in [0.25, 0.3) is 16.6 Å². The van der Waals surface area contributed by atoms with E-state index < -0.39 is 6.04 Å². The highest BCUT2D eigenvalue weighted by atomic mass is 35.5. The number of morpholine rings is 1. The number of halogens is 2. The lowest BCUT2D eigenvalue weighted by Gasteiger charge is -2.37. The Bertz CT molecular complexity index is 1410. The lowest BCUT2D eigenvalue weighted by Crippen LogP contribution is -2.43. The molecule has 11 heteroatoms. The minimum atomic E-state index is -0.513. The van der Waals surface area contributed by atoms with E-state index in [-0.39, 0.29) is 29.0 Å². The first-order valence-corrected chi connectivity index (χ1v) is 10.9. The molecule has 168 valence electrons. The van der Waals surface area contributed by atoms with Crippen molar-refractivity contribution in [1.29, 1.82) is 0 Å². The maximum Gasteiger partial charge on any atom is 0.267 e. The quantitative estimate of drug-likeness (QED) is 0.454. The van der Waals surface area contributed by atoms with Gasteiger partial charge in [0.25, 0.3) is 5.56 Å². The second-order valence-electron chi connectivity index (χ2n) is 7.47. The number of para-hydroxylation sites is 1. The van der Waals surface area contributed by atoms with E-state index in [4.69, 9.17) is 44.4 Å². The number of hydrogen-bond donors (Lipinski definition) is 2. The molecule has 1 fully saturated rings. The summed E-state index contributed by atoms with van der Waals surface area (Å²) in [5.74, 6) is 0.876. The van der Waals surface area contributed by atoms with Crippen LogP contribution in [0.2, 0.25) is 10.0 Å². The van der Waals surface area contributed by atoms with Crippen LogP contribution in [-0.4, -0.2) is 39.3 Å². The van der Waals surface area contributed by atoms with Gasteiger partial charge >= 0.3 is 0 Å². The second kappa shape index (κ2) is 8.51. The zero-order valence-corrected chi connectivity index (χ0v) is 18.8. The van der Waals surface area contributed by atoms with Crippen molar-refractivity contribution in [2.24, 2.45) is 0 Å². The fraction of sp³-hybridized carbons (Fsp3) is 0.182. The molecule has 0 saturated carbocycles. The van der Waals surface area contributed by atoms with Crippen molar-refractivity contribution in [3.63, 3.8) is 0 Å². The summed E-state index contributed by atoms with van der Waals surface area (Å²) in [6.45, 7) is 1.09. The first-order valence-electron chi connectivity index (χ1n) is 10.1. The number of aromatic nitrogens is 4. The molecule has 5 rings (SSSR count). The predicted molar refractivity (Wildman–Crippen MR) is 129 cm³/mol. The Hall–Kier alpha value is -3.40. The van der Waals surface area contributed by atoms with Crippen molar-refractivity contribution in [2.75, 3.05) is 36.1 Å². The zero-order chi connectivity index (χ0) is 23.1. The minimum Gasteiger partial charge on any atom is -0.382 e. The van der Waals surface area contributed by atoms with Crippen molar-refractivity contribution in [3.8, 4) is 5.69 Å². The molecule has 1 aliphatic heterocycles. The van der Waals surface area contributed by atoms with E-state index in [9.17, 15) is 4.79 Å². The van der Waals surface area contributed by atoms with Gasteiger partial charge in [-0.1, -0.05) is 47.5 Å². The van der Waals surface area contributed by atoms with Crippen LogP contribution in [0.1, 0.15) is 11.9 Å². The Morgan fingerprint density at radius 1 is 1.00 bits per heavy atom. The van der Waals surface area contributed by atoms with Gasteiger partial charge in [0.1, 0.15) is 22.7 Å². The molecule has 2 aromatic heterocycles. The van der Waals surface area contributed by atoms with E-state index in [1.54, 1.807) is 22.8 Å². The molecule has 0 spiro atoms.